The van der Waals surface area contributed by atoms with E-state index in [1.54, 1.807) is 0 Å². The Labute approximate surface area is 150 Å². The van der Waals surface area contributed by atoms with Crippen molar-refractivity contribution in [1.82, 2.24) is 0 Å². The van der Waals surface area contributed by atoms with Crippen LogP contribution in [0.2, 0.25) is 0 Å². The zero-order valence-electron chi connectivity index (χ0n) is 15.0. The Morgan fingerprint density at radius 2 is 1.56 bits per heavy atom. The van der Waals surface area contributed by atoms with E-state index < -0.39 is 0 Å². The number of aryl methyl sites for hydroxylation is 1. The van der Waals surface area contributed by atoms with Crippen LogP contribution in [0.5, 0.6) is 5.75 Å². The molecule has 2 rings (SSSR count). The van der Waals surface area contributed by atoms with Crippen LogP contribution in [0.25, 0.3) is 11.1 Å². The van der Waals surface area contributed by atoms with Crippen molar-refractivity contribution in [2.24, 2.45) is 0 Å². The molecule has 128 valence electrons. The van der Waals surface area contributed by atoms with Crippen LogP contribution >= 0.6 is 0 Å². The number of benzene rings is 2. The summed E-state index contributed by atoms with van der Waals surface area (Å²) in [5.41, 5.74) is 3.69. The molecule has 0 radical (unpaired) electrons. The Kier molecular flexibility index (Phi) is 7.05. The van der Waals surface area contributed by atoms with E-state index in [4.69, 9.17) is 4.74 Å². The molecule has 3 nitrogen and oxygen atoms in total. The average Bonchev–Trinajstić information content (AvgIpc) is 2.66. The van der Waals surface area contributed by atoms with Crippen LogP contribution in [-0.4, -0.2) is 6.61 Å². The van der Waals surface area contributed by atoms with Crippen molar-refractivity contribution in [3.63, 3.8) is 0 Å². The lowest BCUT2D eigenvalue weighted by Gasteiger charge is -2.11. The lowest BCUT2D eigenvalue weighted by Crippen LogP contribution is -1.98. The van der Waals surface area contributed by atoms with Crippen LogP contribution in [-0.2, 0) is 6.42 Å². The van der Waals surface area contributed by atoms with Crippen molar-refractivity contribution in [3.8, 4) is 29.0 Å². The molecule has 0 heterocycles. The second-order valence-electron chi connectivity index (χ2n) is 6.08. The maximum absolute atomic E-state index is 9.63. The van der Waals surface area contributed by atoms with E-state index in [1.165, 1.54) is 0 Å². The van der Waals surface area contributed by atoms with Crippen LogP contribution in [0.3, 0.4) is 0 Å². The third kappa shape index (κ3) is 4.61. The van der Waals surface area contributed by atoms with E-state index >= 15 is 0 Å². The number of nitrogens with zero attached hydrogens (tertiary/aromatic N) is 2. The molecule has 0 N–H and O–H groups in total. The van der Waals surface area contributed by atoms with Crippen LogP contribution in [0, 0.1) is 22.7 Å². The third-order valence-corrected chi connectivity index (χ3v) is 4.20. The van der Waals surface area contributed by atoms with Crippen molar-refractivity contribution in [1.29, 1.82) is 10.5 Å². The summed E-state index contributed by atoms with van der Waals surface area (Å²) in [6, 6.07) is 16.1. The highest BCUT2D eigenvalue weighted by Gasteiger charge is 2.14. The van der Waals surface area contributed by atoms with Gasteiger partial charge < -0.3 is 4.74 Å². The summed E-state index contributed by atoms with van der Waals surface area (Å²) in [7, 11) is 0. The Bertz CT molecular complexity index is 779. The predicted molar refractivity (Wildman–Crippen MR) is 100 cm³/mol. The fourth-order valence-corrected chi connectivity index (χ4v) is 2.85. The van der Waals surface area contributed by atoms with Gasteiger partial charge in [0.1, 0.15) is 17.9 Å². The van der Waals surface area contributed by atoms with Gasteiger partial charge >= 0.3 is 0 Å². The van der Waals surface area contributed by atoms with Crippen LogP contribution in [0.1, 0.15) is 56.2 Å². The monoisotopic (exact) mass is 332 g/mol. The highest BCUT2D eigenvalue weighted by Crippen LogP contribution is 2.30. The third-order valence-electron chi connectivity index (χ3n) is 4.20. The molecule has 0 spiro atoms. The van der Waals surface area contributed by atoms with Crippen LogP contribution in [0.4, 0.5) is 0 Å². The topological polar surface area (TPSA) is 56.8 Å². The molecule has 0 aliphatic rings. The number of ether oxygens (including phenoxy) is 1. The smallest absolute Gasteiger partial charge is 0.119 e. The summed E-state index contributed by atoms with van der Waals surface area (Å²) < 4.78 is 5.60. The zero-order chi connectivity index (χ0) is 18.1. The van der Waals surface area contributed by atoms with Gasteiger partial charge in [0.2, 0.25) is 0 Å². The van der Waals surface area contributed by atoms with Crippen LogP contribution in [0.15, 0.2) is 36.4 Å². The predicted octanol–water partition coefficient (Wildman–Crippen LogP) is 5.62. The van der Waals surface area contributed by atoms with Crippen molar-refractivity contribution in [3.05, 3.63) is 53.1 Å². The molecule has 0 aromatic heterocycles. The first-order valence-corrected chi connectivity index (χ1v) is 8.94. The molecule has 0 aliphatic carbocycles. The fourth-order valence-electron chi connectivity index (χ4n) is 2.85. The molecule has 0 saturated carbocycles. The quantitative estimate of drug-likeness (QED) is 0.590. The molecule has 0 bridgehead atoms. The molecule has 2 aromatic carbocycles. The highest BCUT2D eigenvalue weighted by molar-refractivity contribution is 5.75. The van der Waals surface area contributed by atoms with Gasteiger partial charge in [-0.15, -0.1) is 0 Å². The minimum atomic E-state index is 0.471. The lowest BCUT2D eigenvalue weighted by molar-refractivity contribution is 0.317. The van der Waals surface area contributed by atoms with E-state index in [1.807, 2.05) is 36.4 Å². The molecular formula is C22H24N2O. The van der Waals surface area contributed by atoms with E-state index in [0.29, 0.717) is 17.7 Å². The molecule has 2 aromatic rings. The number of hydrogen-bond donors (Lipinski definition) is 0. The van der Waals surface area contributed by atoms with Crippen molar-refractivity contribution in [2.45, 2.75) is 46.0 Å². The lowest BCUT2D eigenvalue weighted by atomic mass is 9.91. The fraction of sp³-hybridized carbons (Fsp3) is 0.364. The summed E-state index contributed by atoms with van der Waals surface area (Å²) in [4.78, 5) is 0. The normalized spacial score (nSPS) is 10.1. The van der Waals surface area contributed by atoms with E-state index in [2.05, 4.69) is 26.0 Å². The molecule has 0 unspecified atom stereocenters. The molecule has 0 aliphatic heterocycles. The molecule has 0 saturated heterocycles. The molecule has 0 amide bonds. The molecule has 0 atom stereocenters. The second-order valence-corrected chi connectivity index (χ2v) is 6.08. The Morgan fingerprint density at radius 1 is 0.840 bits per heavy atom. The van der Waals surface area contributed by atoms with Gasteiger partial charge in [0, 0.05) is 5.56 Å². The molecule has 0 fully saturated rings. The van der Waals surface area contributed by atoms with E-state index in [0.717, 1.165) is 54.5 Å². The number of hydrogen-bond acceptors (Lipinski definition) is 3. The zero-order valence-corrected chi connectivity index (χ0v) is 15.0. The minimum Gasteiger partial charge on any atom is -0.494 e. The molecular weight excluding hydrogens is 308 g/mol. The van der Waals surface area contributed by atoms with E-state index in [-0.39, 0.29) is 0 Å². The molecule has 25 heavy (non-hydrogen) atoms. The Hall–Kier alpha value is -2.78. The van der Waals surface area contributed by atoms with Crippen molar-refractivity contribution in [2.75, 3.05) is 6.61 Å². The summed E-state index contributed by atoms with van der Waals surface area (Å²) in [5.74, 6) is 0.820. The number of unbranched alkanes of at least 4 members (excludes halogenated alkanes) is 2. The van der Waals surface area contributed by atoms with Gasteiger partial charge in [-0.2, -0.15) is 10.5 Å². The summed E-state index contributed by atoms with van der Waals surface area (Å²) >= 11 is 0. The second kappa shape index (κ2) is 9.50. The number of rotatable bonds is 8. The maximum Gasteiger partial charge on any atom is 0.119 e. The standard InChI is InChI=1S/C22H24N2O/c1-3-5-6-7-17-10-13-20(22(16-24)21(17)15-23)18-8-11-19(12-9-18)25-14-4-2/h8-13H,3-7,14H2,1-2H3. The first kappa shape index (κ1) is 18.6. The van der Waals surface area contributed by atoms with Gasteiger partial charge in [0.15, 0.2) is 0 Å². The number of nitriles is 2. The van der Waals surface area contributed by atoms with Crippen LogP contribution < -0.4 is 4.74 Å². The van der Waals surface area contributed by atoms with Gasteiger partial charge in [0.25, 0.3) is 0 Å². The first-order chi connectivity index (χ1) is 12.2. The van der Waals surface area contributed by atoms with Gasteiger partial charge in [-0.3, -0.25) is 0 Å². The summed E-state index contributed by atoms with van der Waals surface area (Å²) in [5, 5.41) is 19.2. The summed E-state index contributed by atoms with van der Waals surface area (Å²) in [6.45, 7) is 4.91. The van der Waals surface area contributed by atoms with Gasteiger partial charge in [-0.25, -0.2) is 0 Å². The van der Waals surface area contributed by atoms with Crippen molar-refractivity contribution >= 4 is 0 Å². The maximum atomic E-state index is 9.63. The van der Waals surface area contributed by atoms with Crippen molar-refractivity contribution < 1.29 is 4.74 Å². The Morgan fingerprint density at radius 3 is 2.16 bits per heavy atom. The average molecular weight is 332 g/mol. The largest absolute Gasteiger partial charge is 0.494 e. The Balaban J connectivity index is 2.35. The first-order valence-electron chi connectivity index (χ1n) is 8.94. The minimum absolute atomic E-state index is 0.471. The molecule has 3 heteroatoms. The highest BCUT2D eigenvalue weighted by atomic mass is 16.5. The summed E-state index contributed by atoms with van der Waals surface area (Å²) in [6.07, 6.45) is 5.12. The van der Waals surface area contributed by atoms with Gasteiger partial charge in [-0.05, 0) is 42.5 Å². The SMILES string of the molecule is CCCCCc1ccc(-c2ccc(OCCC)cc2)c(C#N)c1C#N. The van der Waals surface area contributed by atoms with Gasteiger partial charge in [-0.1, -0.05) is 51.0 Å². The van der Waals surface area contributed by atoms with Gasteiger partial charge in [0.05, 0.1) is 17.7 Å². The van der Waals surface area contributed by atoms with E-state index in [9.17, 15) is 10.5 Å².